The van der Waals surface area contributed by atoms with Crippen molar-refractivity contribution in [2.45, 2.75) is 32.0 Å². The molecule has 2 aromatic heterocycles. The normalized spacial score (nSPS) is 14.7. The Hall–Kier alpha value is -1.81. The molecule has 0 aliphatic heterocycles. The fraction of sp³-hybridized carbons (Fsp3) is 0.357. The van der Waals surface area contributed by atoms with Gasteiger partial charge in [0.05, 0.1) is 12.5 Å². The molecule has 0 bridgehead atoms. The molecule has 0 aromatic carbocycles. The van der Waals surface area contributed by atoms with Crippen molar-refractivity contribution in [3.63, 3.8) is 0 Å². The van der Waals surface area contributed by atoms with Crippen molar-refractivity contribution >= 4 is 0 Å². The Kier molecular flexibility index (Phi) is 3.28. The largest absolute Gasteiger partial charge is 0.484 e. The molecule has 3 rings (SSSR count). The molecule has 0 spiro atoms. The Morgan fingerprint density at radius 1 is 1.39 bits per heavy atom. The van der Waals surface area contributed by atoms with Crippen molar-refractivity contribution in [2.24, 2.45) is 0 Å². The van der Waals surface area contributed by atoms with Crippen LogP contribution in [0.4, 0.5) is 0 Å². The van der Waals surface area contributed by atoms with E-state index in [0.717, 1.165) is 18.1 Å². The molecule has 0 amide bonds. The zero-order chi connectivity index (χ0) is 12.2. The Morgan fingerprint density at radius 2 is 2.33 bits per heavy atom. The van der Waals surface area contributed by atoms with Gasteiger partial charge in [-0.05, 0) is 31.0 Å². The third-order valence-electron chi connectivity index (χ3n) is 3.00. The van der Waals surface area contributed by atoms with Gasteiger partial charge in [-0.1, -0.05) is 0 Å². The summed E-state index contributed by atoms with van der Waals surface area (Å²) in [5, 5.41) is 3.47. The molecule has 4 heteroatoms. The molecule has 1 fully saturated rings. The van der Waals surface area contributed by atoms with Crippen LogP contribution in [-0.2, 0) is 13.2 Å². The van der Waals surface area contributed by atoms with Crippen LogP contribution in [0.15, 0.2) is 41.3 Å². The monoisotopic (exact) mass is 244 g/mol. The maximum absolute atomic E-state index is 5.63. The highest BCUT2D eigenvalue weighted by Crippen LogP contribution is 2.21. The van der Waals surface area contributed by atoms with Crippen LogP contribution >= 0.6 is 0 Å². The van der Waals surface area contributed by atoms with Crippen LogP contribution in [0.3, 0.4) is 0 Å². The number of ether oxygens (including phenoxy) is 1. The predicted octanol–water partition coefficient (Wildman–Crippen LogP) is 2.51. The van der Waals surface area contributed by atoms with E-state index in [1.54, 1.807) is 18.7 Å². The lowest BCUT2D eigenvalue weighted by molar-refractivity contribution is 0.267. The Balaban J connectivity index is 1.56. The fourth-order valence-electron chi connectivity index (χ4n) is 1.77. The van der Waals surface area contributed by atoms with Gasteiger partial charge in [0.15, 0.2) is 0 Å². The average molecular weight is 244 g/mol. The van der Waals surface area contributed by atoms with Gasteiger partial charge in [-0.3, -0.25) is 4.98 Å². The molecule has 0 unspecified atom stereocenters. The van der Waals surface area contributed by atoms with Crippen LogP contribution in [0, 0.1) is 0 Å². The summed E-state index contributed by atoms with van der Waals surface area (Å²) in [6.07, 6.45) is 7.72. The van der Waals surface area contributed by atoms with Crippen molar-refractivity contribution in [3.8, 4) is 5.75 Å². The maximum Gasteiger partial charge on any atom is 0.146 e. The summed E-state index contributed by atoms with van der Waals surface area (Å²) in [5.74, 6) is 1.64. The summed E-state index contributed by atoms with van der Waals surface area (Å²) in [7, 11) is 0. The Bertz CT molecular complexity index is 492. The minimum Gasteiger partial charge on any atom is -0.484 e. The highest BCUT2D eigenvalue weighted by Gasteiger charge is 2.20. The summed E-state index contributed by atoms with van der Waals surface area (Å²) < 4.78 is 11.1. The molecule has 2 aromatic rings. The van der Waals surface area contributed by atoms with Crippen molar-refractivity contribution < 1.29 is 9.15 Å². The second-order valence-corrected chi connectivity index (χ2v) is 4.50. The number of pyridine rings is 1. The van der Waals surface area contributed by atoms with Gasteiger partial charge < -0.3 is 14.5 Å². The smallest absolute Gasteiger partial charge is 0.146 e. The summed E-state index contributed by atoms with van der Waals surface area (Å²) in [6, 6.07) is 6.44. The highest BCUT2D eigenvalue weighted by atomic mass is 16.5. The van der Waals surface area contributed by atoms with Crippen molar-refractivity contribution in [3.05, 3.63) is 48.2 Å². The Morgan fingerprint density at radius 3 is 3.11 bits per heavy atom. The van der Waals surface area contributed by atoms with Gasteiger partial charge in [0.2, 0.25) is 0 Å². The standard InChI is InChI=1S/C14H16N2O2/c1-2-13(9-15-6-1)18-10-14-11(5-7-17-14)8-16-12-3-4-12/h1-2,5-7,9,12,16H,3-4,8,10H2. The van der Waals surface area contributed by atoms with Gasteiger partial charge in [-0.15, -0.1) is 0 Å². The summed E-state index contributed by atoms with van der Waals surface area (Å²) in [4.78, 5) is 4.01. The molecular formula is C14H16N2O2. The number of nitrogens with zero attached hydrogens (tertiary/aromatic N) is 1. The molecule has 4 nitrogen and oxygen atoms in total. The number of hydrogen-bond donors (Lipinski definition) is 1. The first kappa shape index (κ1) is 11.3. The average Bonchev–Trinajstić information content (AvgIpc) is 3.14. The fourth-order valence-corrected chi connectivity index (χ4v) is 1.77. The van der Waals surface area contributed by atoms with Gasteiger partial charge in [-0.2, -0.15) is 0 Å². The van der Waals surface area contributed by atoms with E-state index in [1.165, 1.54) is 18.4 Å². The Labute approximate surface area is 106 Å². The lowest BCUT2D eigenvalue weighted by Crippen LogP contribution is -2.16. The van der Waals surface area contributed by atoms with E-state index in [2.05, 4.69) is 10.3 Å². The summed E-state index contributed by atoms with van der Waals surface area (Å²) in [6.45, 7) is 1.30. The van der Waals surface area contributed by atoms with Crippen molar-refractivity contribution in [2.75, 3.05) is 0 Å². The molecular weight excluding hydrogens is 228 g/mol. The number of aromatic nitrogens is 1. The van der Waals surface area contributed by atoms with Crippen LogP contribution < -0.4 is 10.1 Å². The minimum atomic E-state index is 0.445. The SMILES string of the molecule is c1cncc(OCc2occc2CNC2CC2)c1. The van der Waals surface area contributed by atoms with Crippen molar-refractivity contribution in [1.29, 1.82) is 0 Å². The highest BCUT2D eigenvalue weighted by molar-refractivity contribution is 5.19. The minimum absolute atomic E-state index is 0.445. The van der Waals surface area contributed by atoms with E-state index in [1.807, 2.05) is 18.2 Å². The van der Waals surface area contributed by atoms with Gasteiger partial charge in [0.1, 0.15) is 18.1 Å². The van der Waals surface area contributed by atoms with Crippen molar-refractivity contribution in [1.82, 2.24) is 10.3 Å². The number of hydrogen-bond acceptors (Lipinski definition) is 4. The van der Waals surface area contributed by atoms with E-state index < -0.39 is 0 Å². The lowest BCUT2D eigenvalue weighted by Gasteiger charge is -2.06. The van der Waals surface area contributed by atoms with E-state index in [9.17, 15) is 0 Å². The van der Waals surface area contributed by atoms with E-state index in [0.29, 0.717) is 12.6 Å². The van der Waals surface area contributed by atoms with Crippen LogP contribution in [-0.4, -0.2) is 11.0 Å². The molecule has 0 radical (unpaired) electrons. The van der Waals surface area contributed by atoms with E-state index in [-0.39, 0.29) is 0 Å². The predicted molar refractivity (Wildman–Crippen MR) is 67.1 cm³/mol. The zero-order valence-corrected chi connectivity index (χ0v) is 10.1. The number of nitrogens with one attached hydrogen (secondary N) is 1. The molecule has 1 N–H and O–H groups in total. The van der Waals surface area contributed by atoms with Gasteiger partial charge in [0.25, 0.3) is 0 Å². The first-order valence-corrected chi connectivity index (χ1v) is 6.23. The van der Waals surface area contributed by atoms with Gasteiger partial charge in [0, 0.05) is 24.3 Å². The van der Waals surface area contributed by atoms with Crippen LogP contribution in [0.1, 0.15) is 24.2 Å². The quantitative estimate of drug-likeness (QED) is 0.848. The van der Waals surface area contributed by atoms with E-state index in [4.69, 9.17) is 9.15 Å². The topological polar surface area (TPSA) is 47.3 Å². The molecule has 0 atom stereocenters. The van der Waals surface area contributed by atoms with Crippen LogP contribution in [0.2, 0.25) is 0 Å². The van der Waals surface area contributed by atoms with Crippen LogP contribution in [0.5, 0.6) is 5.75 Å². The molecule has 1 aliphatic carbocycles. The molecule has 1 aliphatic rings. The maximum atomic E-state index is 5.63. The lowest BCUT2D eigenvalue weighted by atomic mass is 10.2. The second-order valence-electron chi connectivity index (χ2n) is 4.50. The summed E-state index contributed by atoms with van der Waals surface area (Å²) in [5.41, 5.74) is 1.17. The zero-order valence-electron chi connectivity index (χ0n) is 10.1. The molecule has 18 heavy (non-hydrogen) atoms. The molecule has 1 saturated carbocycles. The van der Waals surface area contributed by atoms with Gasteiger partial charge >= 0.3 is 0 Å². The van der Waals surface area contributed by atoms with Crippen LogP contribution in [0.25, 0.3) is 0 Å². The third kappa shape index (κ3) is 2.90. The molecule has 2 heterocycles. The number of furan rings is 1. The second kappa shape index (κ2) is 5.23. The number of rotatable bonds is 6. The molecule has 94 valence electrons. The first-order chi connectivity index (χ1) is 8.92. The third-order valence-corrected chi connectivity index (χ3v) is 3.00. The van der Waals surface area contributed by atoms with E-state index >= 15 is 0 Å². The van der Waals surface area contributed by atoms with Gasteiger partial charge in [-0.25, -0.2) is 0 Å². The molecule has 0 saturated heterocycles. The first-order valence-electron chi connectivity index (χ1n) is 6.23. The summed E-state index contributed by atoms with van der Waals surface area (Å²) >= 11 is 0.